The maximum atomic E-state index is 12.0. The molecule has 0 saturated heterocycles. The monoisotopic (exact) mass is 267 g/mol. The number of aromatic amines is 2. The van der Waals surface area contributed by atoms with Gasteiger partial charge < -0.3 is 20.4 Å². The van der Waals surface area contributed by atoms with Gasteiger partial charge >= 0.3 is 11.7 Å². The minimum atomic E-state index is -1.22. The van der Waals surface area contributed by atoms with Gasteiger partial charge in [0.15, 0.2) is 0 Å². The SMILES string of the molecule is O=C(NC1(C(=O)O)CCCCCC1)c1c[nH]c(=O)[nH]1. The van der Waals surface area contributed by atoms with Crippen molar-refractivity contribution in [1.82, 2.24) is 15.3 Å². The minimum absolute atomic E-state index is 0.0508. The molecule has 104 valence electrons. The molecule has 1 saturated carbocycles. The van der Waals surface area contributed by atoms with Crippen LogP contribution in [0.3, 0.4) is 0 Å². The van der Waals surface area contributed by atoms with Gasteiger partial charge in [0.1, 0.15) is 11.2 Å². The standard InChI is InChI=1S/C12H17N3O4/c16-9(8-7-13-11(19)14-8)15-12(10(17)18)5-3-1-2-4-6-12/h7H,1-6H2,(H,15,16)(H,17,18)(H2,13,14,19). The molecule has 4 N–H and O–H groups in total. The fraction of sp³-hybridized carbons (Fsp3) is 0.583. The van der Waals surface area contributed by atoms with Crippen molar-refractivity contribution in [2.24, 2.45) is 0 Å². The van der Waals surface area contributed by atoms with Gasteiger partial charge in [-0.05, 0) is 12.8 Å². The second-order valence-corrected chi connectivity index (χ2v) is 4.91. The van der Waals surface area contributed by atoms with E-state index >= 15 is 0 Å². The molecule has 2 rings (SSSR count). The van der Waals surface area contributed by atoms with Crippen LogP contribution in [-0.4, -0.2) is 32.5 Å². The maximum Gasteiger partial charge on any atom is 0.329 e. The van der Waals surface area contributed by atoms with Crippen molar-refractivity contribution in [3.05, 3.63) is 22.4 Å². The molecule has 1 heterocycles. The van der Waals surface area contributed by atoms with Crippen LogP contribution in [0.1, 0.15) is 49.0 Å². The molecule has 1 aromatic heterocycles. The largest absolute Gasteiger partial charge is 0.480 e. The molecule has 1 amide bonds. The summed E-state index contributed by atoms with van der Waals surface area (Å²) in [5.41, 5.74) is -1.66. The van der Waals surface area contributed by atoms with Crippen molar-refractivity contribution in [2.45, 2.75) is 44.1 Å². The highest BCUT2D eigenvalue weighted by Crippen LogP contribution is 2.27. The molecule has 0 aromatic carbocycles. The normalized spacial score (nSPS) is 18.5. The Kier molecular flexibility index (Phi) is 3.73. The van der Waals surface area contributed by atoms with Crippen LogP contribution in [-0.2, 0) is 4.79 Å². The van der Waals surface area contributed by atoms with Crippen LogP contribution >= 0.6 is 0 Å². The predicted octanol–water partition coefficient (Wildman–Crippen LogP) is 0.610. The second kappa shape index (κ2) is 5.29. The molecule has 19 heavy (non-hydrogen) atoms. The van der Waals surface area contributed by atoms with Crippen molar-refractivity contribution in [1.29, 1.82) is 0 Å². The Hall–Kier alpha value is -2.05. The Balaban J connectivity index is 2.18. The van der Waals surface area contributed by atoms with Gasteiger partial charge in [0, 0.05) is 6.20 Å². The van der Waals surface area contributed by atoms with Crippen molar-refractivity contribution in [3.8, 4) is 0 Å². The first-order valence-electron chi connectivity index (χ1n) is 6.37. The summed E-state index contributed by atoms with van der Waals surface area (Å²) < 4.78 is 0. The van der Waals surface area contributed by atoms with Crippen LogP contribution < -0.4 is 11.0 Å². The number of amides is 1. The number of nitrogens with one attached hydrogen (secondary N) is 3. The number of carboxylic acid groups (broad SMARTS) is 1. The van der Waals surface area contributed by atoms with E-state index in [1.54, 1.807) is 0 Å². The van der Waals surface area contributed by atoms with Gasteiger partial charge in [-0.25, -0.2) is 9.59 Å². The number of hydrogen-bond acceptors (Lipinski definition) is 3. The average molecular weight is 267 g/mol. The number of aliphatic carboxylic acids is 1. The van der Waals surface area contributed by atoms with Crippen LogP contribution in [0, 0.1) is 0 Å². The molecule has 1 aliphatic rings. The number of hydrogen-bond donors (Lipinski definition) is 4. The molecule has 7 heteroatoms. The smallest absolute Gasteiger partial charge is 0.329 e. The molecular weight excluding hydrogens is 250 g/mol. The van der Waals surface area contributed by atoms with E-state index in [9.17, 15) is 19.5 Å². The lowest BCUT2D eigenvalue weighted by atomic mass is 9.90. The van der Waals surface area contributed by atoms with E-state index in [0.717, 1.165) is 25.7 Å². The summed E-state index contributed by atoms with van der Waals surface area (Å²) in [6.45, 7) is 0. The topological polar surface area (TPSA) is 115 Å². The van der Waals surface area contributed by atoms with Gasteiger partial charge in [0.25, 0.3) is 5.91 Å². The summed E-state index contributed by atoms with van der Waals surface area (Å²) in [6.07, 6.45) is 5.58. The van der Waals surface area contributed by atoms with Crippen molar-refractivity contribution in [3.63, 3.8) is 0 Å². The summed E-state index contributed by atoms with van der Waals surface area (Å²) in [7, 11) is 0. The van der Waals surface area contributed by atoms with Crippen LogP contribution in [0.5, 0.6) is 0 Å². The van der Waals surface area contributed by atoms with Gasteiger partial charge in [0.05, 0.1) is 0 Å². The molecule has 0 spiro atoms. The van der Waals surface area contributed by atoms with Gasteiger partial charge in [-0.15, -0.1) is 0 Å². The number of imidazole rings is 1. The first-order chi connectivity index (χ1) is 9.03. The zero-order valence-electron chi connectivity index (χ0n) is 10.5. The summed E-state index contributed by atoms with van der Waals surface area (Å²) in [4.78, 5) is 39.1. The zero-order chi connectivity index (χ0) is 13.9. The molecule has 1 fully saturated rings. The van der Waals surface area contributed by atoms with Gasteiger partial charge in [-0.3, -0.25) is 4.79 Å². The molecular formula is C12H17N3O4. The number of carbonyl (C=O) groups excluding carboxylic acids is 1. The molecule has 0 radical (unpaired) electrons. The van der Waals surface area contributed by atoms with E-state index in [0.29, 0.717) is 12.8 Å². The highest BCUT2D eigenvalue weighted by atomic mass is 16.4. The number of carbonyl (C=O) groups is 2. The van der Waals surface area contributed by atoms with Crippen molar-refractivity contribution < 1.29 is 14.7 Å². The fourth-order valence-corrected chi connectivity index (χ4v) is 2.46. The number of rotatable bonds is 3. The van der Waals surface area contributed by atoms with E-state index < -0.39 is 23.1 Å². The van der Waals surface area contributed by atoms with E-state index in [-0.39, 0.29) is 5.69 Å². The first-order valence-corrected chi connectivity index (χ1v) is 6.37. The minimum Gasteiger partial charge on any atom is -0.480 e. The second-order valence-electron chi connectivity index (χ2n) is 4.91. The van der Waals surface area contributed by atoms with Crippen molar-refractivity contribution in [2.75, 3.05) is 0 Å². The third-order valence-corrected chi connectivity index (χ3v) is 3.56. The van der Waals surface area contributed by atoms with Crippen LogP contribution in [0.15, 0.2) is 11.0 Å². The van der Waals surface area contributed by atoms with Crippen LogP contribution in [0.2, 0.25) is 0 Å². The summed E-state index contributed by atoms with van der Waals surface area (Å²) in [5.74, 6) is -1.58. The molecule has 1 aromatic rings. The van der Waals surface area contributed by atoms with Gasteiger partial charge in [-0.1, -0.05) is 25.7 Å². The fourth-order valence-electron chi connectivity index (χ4n) is 2.46. The maximum absolute atomic E-state index is 12.0. The Morgan fingerprint density at radius 2 is 1.84 bits per heavy atom. The predicted molar refractivity (Wildman–Crippen MR) is 66.9 cm³/mol. The number of H-pyrrole nitrogens is 2. The third kappa shape index (κ3) is 2.86. The summed E-state index contributed by atoms with van der Waals surface area (Å²) >= 11 is 0. The first kappa shape index (κ1) is 13.4. The number of aromatic nitrogens is 2. The molecule has 0 bridgehead atoms. The molecule has 0 unspecified atom stereocenters. The summed E-state index contributed by atoms with van der Waals surface area (Å²) in [5, 5.41) is 12.0. The van der Waals surface area contributed by atoms with Crippen molar-refractivity contribution >= 4 is 11.9 Å². The van der Waals surface area contributed by atoms with E-state index in [4.69, 9.17) is 0 Å². The molecule has 7 nitrogen and oxygen atoms in total. The summed E-state index contributed by atoms with van der Waals surface area (Å²) in [6, 6.07) is 0. The Morgan fingerprint density at radius 3 is 2.32 bits per heavy atom. The van der Waals surface area contributed by atoms with E-state index in [1.807, 2.05) is 0 Å². The highest BCUT2D eigenvalue weighted by Gasteiger charge is 2.40. The van der Waals surface area contributed by atoms with E-state index in [1.165, 1.54) is 6.20 Å². The average Bonchev–Trinajstić information content (AvgIpc) is 2.65. The van der Waals surface area contributed by atoms with Gasteiger partial charge in [0.2, 0.25) is 0 Å². The Morgan fingerprint density at radius 1 is 1.21 bits per heavy atom. The lowest BCUT2D eigenvalue weighted by Gasteiger charge is -2.28. The number of carboxylic acids is 1. The molecule has 0 aliphatic heterocycles. The van der Waals surface area contributed by atoms with Crippen LogP contribution in [0.25, 0.3) is 0 Å². The lowest BCUT2D eigenvalue weighted by molar-refractivity contribution is -0.145. The highest BCUT2D eigenvalue weighted by molar-refractivity contribution is 5.96. The van der Waals surface area contributed by atoms with E-state index in [2.05, 4.69) is 15.3 Å². The molecule has 0 atom stereocenters. The molecule has 1 aliphatic carbocycles. The Labute approximate surface area is 109 Å². The van der Waals surface area contributed by atoms with Gasteiger partial charge in [-0.2, -0.15) is 0 Å². The zero-order valence-corrected chi connectivity index (χ0v) is 10.5. The third-order valence-electron chi connectivity index (χ3n) is 3.56. The van der Waals surface area contributed by atoms with Crippen LogP contribution in [0.4, 0.5) is 0 Å². The Bertz CT molecular complexity index is 523. The lowest BCUT2D eigenvalue weighted by Crippen LogP contribution is -2.54. The quantitative estimate of drug-likeness (QED) is 0.600.